The topological polar surface area (TPSA) is 44.5 Å². The van der Waals surface area contributed by atoms with E-state index >= 15 is 0 Å². The summed E-state index contributed by atoms with van der Waals surface area (Å²) in [6, 6.07) is 0. The molecule has 3 heteroatoms. The van der Waals surface area contributed by atoms with Gasteiger partial charge in [-0.2, -0.15) is 0 Å². The monoisotopic (exact) mass is 628 g/mol. The summed E-state index contributed by atoms with van der Waals surface area (Å²) in [4.78, 5) is 0. The average molecular weight is 628 g/mol. The van der Waals surface area contributed by atoms with Crippen molar-refractivity contribution < 1.29 is 9.47 Å². The predicted octanol–water partition coefficient (Wildman–Crippen LogP) is 12.8. The van der Waals surface area contributed by atoms with Gasteiger partial charge in [0.2, 0.25) is 0 Å². The van der Waals surface area contributed by atoms with Crippen LogP contribution in [0.4, 0.5) is 0 Å². The highest BCUT2D eigenvalue weighted by Gasteiger charge is 2.34. The van der Waals surface area contributed by atoms with E-state index in [0.717, 1.165) is 45.4 Å². The molecule has 0 aliphatic heterocycles. The molecule has 3 atom stereocenters. The van der Waals surface area contributed by atoms with E-state index in [-0.39, 0.29) is 12.2 Å². The first kappa shape index (κ1) is 41.9. The maximum atomic E-state index is 6.35. The summed E-state index contributed by atoms with van der Waals surface area (Å²) < 4.78 is 12.7. The van der Waals surface area contributed by atoms with E-state index < -0.39 is 0 Å². The molecule has 1 rings (SSSR count). The lowest BCUT2D eigenvalue weighted by Gasteiger charge is -2.21. The highest BCUT2D eigenvalue weighted by atomic mass is 16.5. The van der Waals surface area contributed by atoms with Gasteiger partial charge < -0.3 is 15.2 Å². The Bertz CT molecular complexity index is 653. The van der Waals surface area contributed by atoms with E-state index in [1.165, 1.54) is 141 Å². The minimum absolute atomic E-state index is 0.251. The van der Waals surface area contributed by atoms with Gasteiger partial charge in [-0.05, 0) is 102 Å². The lowest BCUT2D eigenvalue weighted by Crippen LogP contribution is -2.27. The Morgan fingerprint density at radius 3 is 1.13 bits per heavy atom. The molecule has 0 amide bonds. The Hall–Kier alpha value is -1.16. The third-order valence-corrected chi connectivity index (χ3v) is 9.23. The third-order valence-electron chi connectivity index (χ3n) is 9.23. The second-order valence-corrected chi connectivity index (χ2v) is 13.6. The highest BCUT2D eigenvalue weighted by Crippen LogP contribution is 2.30. The zero-order valence-electron chi connectivity index (χ0n) is 30.3. The summed E-state index contributed by atoms with van der Waals surface area (Å²) >= 11 is 0. The van der Waals surface area contributed by atoms with Gasteiger partial charge in [0.05, 0.1) is 12.2 Å². The molecule has 0 aromatic rings. The Balaban J connectivity index is 1.95. The lowest BCUT2D eigenvalue weighted by molar-refractivity contribution is -0.0578. The van der Waals surface area contributed by atoms with E-state index in [1.807, 2.05) is 0 Å². The van der Waals surface area contributed by atoms with Crippen LogP contribution in [0.25, 0.3) is 0 Å². The van der Waals surface area contributed by atoms with Crippen molar-refractivity contribution in [1.82, 2.24) is 0 Å². The summed E-state index contributed by atoms with van der Waals surface area (Å²) in [6.45, 7) is 7.04. The summed E-state index contributed by atoms with van der Waals surface area (Å²) in [5, 5.41) is 0. The molecule has 0 aromatic heterocycles. The summed E-state index contributed by atoms with van der Waals surface area (Å²) in [6.07, 6.45) is 52.2. The van der Waals surface area contributed by atoms with Gasteiger partial charge in [0.25, 0.3) is 0 Å². The Morgan fingerprint density at radius 2 is 0.778 bits per heavy atom. The molecule has 1 fully saturated rings. The van der Waals surface area contributed by atoms with Crippen LogP contribution in [0.15, 0.2) is 48.6 Å². The van der Waals surface area contributed by atoms with Crippen LogP contribution in [-0.4, -0.2) is 32.0 Å². The fourth-order valence-corrected chi connectivity index (χ4v) is 6.25. The van der Waals surface area contributed by atoms with Crippen molar-refractivity contribution in [3.63, 3.8) is 0 Å². The van der Waals surface area contributed by atoms with Gasteiger partial charge in [0, 0.05) is 13.2 Å². The van der Waals surface area contributed by atoms with E-state index in [0.29, 0.717) is 5.92 Å². The third kappa shape index (κ3) is 27.6. The van der Waals surface area contributed by atoms with Gasteiger partial charge in [0.15, 0.2) is 0 Å². The number of hydrogen-bond acceptors (Lipinski definition) is 3. The normalized spacial score (nSPS) is 19.0. The maximum absolute atomic E-state index is 6.35. The molecule has 0 bridgehead atoms. The van der Waals surface area contributed by atoms with Crippen molar-refractivity contribution in [3.8, 4) is 0 Å². The van der Waals surface area contributed by atoms with E-state index in [1.54, 1.807) is 0 Å². The van der Waals surface area contributed by atoms with E-state index in [9.17, 15) is 0 Å². The first-order valence-electron chi connectivity index (χ1n) is 19.8. The van der Waals surface area contributed by atoms with E-state index in [2.05, 4.69) is 62.5 Å². The van der Waals surface area contributed by atoms with Gasteiger partial charge in [0.1, 0.15) is 0 Å². The van der Waals surface area contributed by atoms with Gasteiger partial charge in [-0.1, -0.05) is 140 Å². The summed E-state index contributed by atoms with van der Waals surface area (Å²) in [7, 11) is 0. The van der Waals surface area contributed by atoms with Crippen molar-refractivity contribution in [2.24, 2.45) is 11.7 Å². The Kier molecular flexibility index (Phi) is 31.8. The van der Waals surface area contributed by atoms with Crippen molar-refractivity contribution in [1.29, 1.82) is 0 Å². The SMILES string of the molecule is CCCCC/C=C\C/C=C\CCCCCCCCO[C@H]1C[C@@H](CN)C[C@H]1OCCCCCCCC/C=C\C/C=C\CCCCC. The molecule has 0 spiro atoms. The first-order chi connectivity index (χ1) is 22.3. The number of nitrogens with two attached hydrogens (primary N) is 1. The average Bonchev–Trinajstić information content (AvgIpc) is 3.45. The Morgan fingerprint density at radius 1 is 0.444 bits per heavy atom. The van der Waals surface area contributed by atoms with Crippen LogP contribution in [0.3, 0.4) is 0 Å². The molecule has 0 heterocycles. The van der Waals surface area contributed by atoms with Gasteiger partial charge in [-0.25, -0.2) is 0 Å². The van der Waals surface area contributed by atoms with Gasteiger partial charge >= 0.3 is 0 Å². The first-order valence-corrected chi connectivity index (χ1v) is 19.8. The molecule has 45 heavy (non-hydrogen) atoms. The van der Waals surface area contributed by atoms with Crippen LogP contribution in [0, 0.1) is 5.92 Å². The fourth-order valence-electron chi connectivity index (χ4n) is 6.25. The summed E-state index contributed by atoms with van der Waals surface area (Å²) in [5.74, 6) is 0.562. The molecule has 1 aliphatic rings. The number of allylic oxidation sites excluding steroid dienone is 8. The number of rotatable bonds is 33. The number of ether oxygens (including phenoxy) is 2. The van der Waals surface area contributed by atoms with Crippen LogP contribution >= 0.6 is 0 Å². The van der Waals surface area contributed by atoms with Crippen molar-refractivity contribution >= 4 is 0 Å². The second kappa shape index (κ2) is 34.2. The standard InChI is InChI=1S/C42H77NO2/c1-3-5-7-9-11-13-15-17-19-21-23-25-27-29-31-33-35-44-41-37-40(39-43)38-42(41)45-36-34-32-30-28-26-24-22-20-18-16-14-12-10-8-6-4-2/h11-14,17-20,40-42H,3-10,15-16,21-39,43H2,1-2H3/b13-11-,14-12-,19-17-,20-18-/t40-,41+,42-. The molecule has 2 N–H and O–H groups in total. The van der Waals surface area contributed by atoms with Crippen molar-refractivity contribution in [3.05, 3.63) is 48.6 Å². The molecule has 1 saturated carbocycles. The molecular formula is C42H77NO2. The van der Waals surface area contributed by atoms with Crippen LogP contribution in [0.1, 0.15) is 181 Å². The molecule has 262 valence electrons. The van der Waals surface area contributed by atoms with E-state index in [4.69, 9.17) is 15.2 Å². The van der Waals surface area contributed by atoms with Crippen LogP contribution in [0.2, 0.25) is 0 Å². The number of hydrogen-bond donors (Lipinski definition) is 1. The zero-order chi connectivity index (χ0) is 32.3. The molecule has 0 unspecified atom stereocenters. The van der Waals surface area contributed by atoms with Crippen molar-refractivity contribution in [2.45, 2.75) is 193 Å². The van der Waals surface area contributed by atoms with Crippen LogP contribution in [0.5, 0.6) is 0 Å². The molecule has 1 aliphatic carbocycles. The molecule has 0 saturated heterocycles. The second-order valence-electron chi connectivity index (χ2n) is 13.6. The highest BCUT2D eigenvalue weighted by molar-refractivity contribution is 4.93. The fraction of sp³-hybridized carbons (Fsp3) is 0.810. The summed E-state index contributed by atoms with van der Waals surface area (Å²) in [5.41, 5.74) is 6.02. The molecule has 0 radical (unpaired) electrons. The molecule has 0 aromatic carbocycles. The minimum Gasteiger partial charge on any atom is -0.376 e. The smallest absolute Gasteiger partial charge is 0.0839 e. The maximum Gasteiger partial charge on any atom is 0.0839 e. The quantitative estimate of drug-likeness (QED) is 0.0581. The predicted molar refractivity (Wildman–Crippen MR) is 200 cm³/mol. The largest absolute Gasteiger partial charge is 0.376 e. The van der Waals surface area contributed by atoms with Gasteiger partial charge in [-0.15, -0.1) is 0 Å². The van der Waals surface area contributed by atoms with Gasteiger partial charge in [-0.3, -0.25) is 0 Å². The molecular weight excluding hydrogens is 550 g/mol. The lowest BCUT2D eigenvalue weighted by atomic mass is 10.1. The zero-order valence-corrected chi connectivity index (χ0v) is 30.3. The van der Waals surface area contributed by atoms with Crippen molar-refractivity contribution in [2.75, 3.05) is 19.8 Å². The Labute approximate surface area is 282 Å². The number of unbranched alkanes of at least 4 members (excludes halogenated alkanes) is 18. The minimum atomic E-state index is 0.251. The van der Waals surface area contributed by atoms with Crippen LogP contribution < -0.4 is 5.73 Å². The molecule has 3 nitrogen and oxygen atoms in total. The van der Waals surface area contributed by atoms with Crippen LogP contribution in [-0.2, 0) is 9.47 Å².